The number of phosphoric acid groups is 1. The van der Waals surface area contributed by atoms with Gasteiger partial charge in [0.05, 0.1) is 13.2 Å². The molecule has 352 valence electrons. The first-order chi connectivity index (χ1) is 29.1. The number of esters is 1. The number of carbonyl (C=O) groups is 3. The van der Waals surface area contributed by atoms with Gasteiger partial charge in [-0.2, -0.15) is 0 Å². The van der Waals surface area contributed by atoms with Crippen molar-refractivity contribution in [2.45, 2.75) is 244 Å². The molecule has 0 fully saturated rings. The van der Waals surface area contributed by atoms with Crippen LogP contribution in [0.4, 0.5) is 0 Å². The number of aliphatic carboxylic acids is 1. The van der Waals surface area contributed by atoms with Gasteiger partial charge in [0.2, 0.25) is 5.91 Å². The fourth-order valence-electron chi connectivity index (χ4n) is 6.89. The van der Waals surface area contributed by atoms with Crippen molar-refractivity contribution in [1.29, 1.82) is 0 Å². The molecule has 0 saturated heterocycles. The van der Waals surface area contributed by atoms with Crippen LogP contribution in [0.2, 0.25) is 0 Å². The van der Waals surface area contributed by atoms with Gasteiger partial charge in [0.15, 0.2) is 6.04 Å². The molecule has 0 radical (unpaired) electrons. The molecule has 1 amide bonds. The minimum absolute atomic E-state index is 0.142. The summed E-state index contributed by atoms with van der Waals surface area (Å²) in [5.74, 6) is -2.37. The van der Waals surface area contributed by atoms with Gasteiger partial charge in [0.1, 0.15) is 12.7 Å². The van der Waals surface area contributed by atoms with Crippen molar-refractivity contribution in [1.82, 2.24) is 5.32 Å². The van der Waals surface area contributed by atoms with Crippen molar-refractivity contribution in [2.24, 2.45) is 0 Å². The van der Waals surface area contributed by atoms with E-state index < -0.39 is 57.6 Å². The summed E-state index contributed by atoms with van der Waals surface area (Å²) in [4.78, 5) is 46.0. The SMILES string of the molecule is CCCCCCCCC/C=C\CCCCCCCCCC(=O)NC(COP(=O)(O)OCC(O)COC(=O)CCCCCCCCC/C=C\CCCCCCCCC)C(=O)O. The molecule has 0 aromatic heterocycles. The van der Waals surface area contributed by atoms with Crippen LogP contribution in [0.3, 0.4) is 0 Å². The fourth-order valence-corrected chi connectivity index (χ4v) is 7.67. The first-order valence-electron chi connectivity index (χ1n) is 24.4. The number of amides is 1. The van der Waals surface area contributed by atoms with Crippen LogP contribution < -0.4 is 5.32 Å². The number of aliphatic hydroxyl groups is 1. The third kappa shape index (κ3) is 42.6. The van der Waals surface area contributed by atoms with Crippen LogP contribution in [0.5, 0.6) is 0 Å². The molecule has 0 aliphatic carbocycles. The Morgan fingerprint density at radius 1 is 0.517 bits per heavy atom. The molecule has 3 atom stereocenters. The highest BCUT2D eigenvalue weighted by atomic mass is 31.2. The van der Waals surface area contributed by atoms with E-state index >= 15 is 0 Å². The number of carbonyl (C=O) groups excluding carboxylic acids is 2. The van der Waals surface area contributed by atoms with Crippen LogP contribution in [0.25, 0.3) is 0 Å². The van der Waals surface area contributed by atoms with E-state index in [1.54, 1.807) is 0 Å². The van der Waals surface area contributed by atoms with Gasteiger partial charge in [0.25, 0.3) is 0 Å². The summed E-state index contributed by atoms with van der Waals surface area (Å²) in [7, 11) is -4.76. The van der Waals surface area contributed by atoms with E-state index in [0.717, 1.165) is 57.8 Å². The lowest BCUT2D eigenvalue weighted by Gasteiger charge is -2.18. The highest BCUT2D eigenvalue weighted by Crippen LogP contribution is 2.43. The smallest absolute Gasteiger partial charge is 0.472 e. The van der Waals surface area contributed by atoms with E-state index in [1.807, 2.05) is 0 Å². The van der Waals surface area contributed by atoms with Crippen LogP contribution in [-0.4, -0.2) is 64.9 Å². The topological polar surface area (TPSA) is 169 Å². The number of hydrogen-bond donors (Lipinski definition) is 4. The van der Waals surface area contributed by atoms with Crippen LogP contribution in [0.1, 0.15) is 232 Å². The Kier molecular flexibility index (Phi) is 42.1. The second-order valence-corrected chi connectivity index (χ2v) is 18.1. The van der Waals surface area contributed by atoms with E-state index in [-0.39, 0.29) is 12.8 Å². The fraction of sp³-hybridized carbons (Fsp3) is 0.854. The molecule has 12 heteroatoms. The summed E-state index contributed by atoms with van der Waals surface area (Å²) < 4.78 is 26.9. The van der Waals surface area contributed by atoms with Crippen molar-refractivity contribution in [2.75, 3.05) is 19.8 Å². The molecule has 0 aromatic rings. The molecule has 60 heavy (non-hydrogen) atoms. The molecule has 0 bridgehead atoms. The Balaban J connectivity index is 3.85. The number of carboxylic acid groups (broad SMARTS) is 1. The first kappa shape index (κ1) is 58.0. The first-order valence-corrected chi connectivity index (χ1v) is 25.9. The highest BCUT2D eigenvalue weighted by Gasteiger charge is 2.28. The number of carboxylic acids is 1. The molecule has 0 aliphatic rings. The molecular weight excluding hydrogens is 781 g/mol. The van der Waals surface area contributed by atoms with Crippen LogP contribution in [-0.2, 0) is 32.7 Å². The average Bonchev–Trinajstić information content (AvgIpc) is 3.22. The Hall–Kier alpha value is -2.04. The van der Waals surface area contributed by atoms with E-state index in [2.05, 4.69) is 43.5 Å². The zero-order valence-corrected chi connectivity index (χ0v) is 39.2. The van der Waals surface area contributed by atoms with Gasteiger partial charge in [0, 0.05) is 12.8 Å². The van der Waals surface area contributed by atoms with Gasteiger partial charge in [-0.15, -0.1) is 0 Å². The largest absolute Gasteiger partial charge is 0.480 e. The number of hydrogen-bond acceptors (Lipinski definition) is 8. The molecule has 11 nitrogen and oxygen atoms in total. The van der Waals surface area contributed by atoms with E-state index in [4.69, 9.17) is 13.8 Å². The average molecular weight is 872 g/mol. The standard InChI is InChI=1S/C48H90NO10P/c1-3-5-7-9-11-13-15-17-19-21-23-25-27-29-31-33-35-37-39-46(51)49-45(48(53)54)43-59-60(55,56)58-42-44(50)41-57-47(52)40-38-36-34-32-30-28-26-24-22-20-18-16-14-12-10-8-6-4-2/h19-22,44-45,50H,3-18,23-43H2,1-2H3,(H,49,51)(H,53,54)(H,55,56)/b21-19-,22-20-. The Bertz CT molecular complexity index is 1120. The summed E-state index contributed by atoms with van der Waals surface area (Å²) in [5, 5.41) is 21.9. The van der Waals surface area contributed by atoms with Gasteiger partial charge in [-0.3, -0.25) is 18.6 Å². The van der Waals surface area contributed by atoms with E-state index in [1.165, 1.54) is 135 Å². The third-order valence-electron chi connectivity index (χ3n) is 10.7. The van der Waals surface area contributed by atoms with Crippen molar-refractivity contribution < 1.29 is 47.8 Å². The quantitative estimate of drug-likeness (QED) is 0.0200. The molecule has 4 N–H and O–H groups in total. The minimum Gasteiger partial charge on any atom is -0.480 e. The summed E-state index contributed by atoms with van der Waals surface area (Å²) in [6.45, 7) is 2.61. The highest BCUT2D eigenvalue weighted by molar-refractivity contribution is 7.47. The lowest BCUT2D eigenvalue weighted by Crippen LogP contribution is -2.43. The number of unbranched alkanes of at least 4 members (excludes halogenated alkanes) is 28. The number of nitrogens with one attached hydrogen (secondary N) is 1. The second-order valence-electron chi connectivity index (χ2n) is 16.6. The summed E-state index contributed by atoms with van der Waals surface area (Å²) in [5.41, 5.74) is 0. The third-order valence-corrected chi connectivity index (χ3v) is 11.7. The van der Waals surface area contributed by atoms with Gasteiger partial charge in [-0.1, -0.05) is 179 Å². The van der Waals surface area contributed by atoms with Crippen molar-refractivity contribution in [3.63, 3.8) is 0 Å². The van der Waals surface area contributed by atoms with Crippen LogP contribution in [0, 0.1) is 0 Å². The zero-order chi connectivity index (χ0) is 44.2. The van der Waals surface area contributed by atoms with Crippen LogP contribution >= 0.6 is 7.82 Å². The number of phosphoric ester groups is 1. The van der Waals surface area contributed by atoms with E-state index in [9.17, 15) is 34.1 Å². The van der Waals surface area contributed by atoms with Gasteiger partial charge < -0.3 is 25.2 Å². The van der Waals surface area contributed by atoms with Crippen molar-refractivity contribution >= 4 is 25.7 Å². The van der Waals surface area contributed by atoms with Gasteiger partial charge >= 0.3 is 19.8 Å². The normalized spacial score (nSPS) is 13.8. The minimum atomic E-state index is -4.76. The molecule has 0 spiro atoms. The number of allylic oxidation sites excluding steroid dienone is 4. The molecule has 0 aliphatic heterocycles. The molecule has 3 unspecified atom stereocenters. The maximum Gasteiger partial charge on any atom is 0.472 e. The second kappa shape index (κ2) is 43.6. The molecule has 0 saturated carbocycles. The van der Waals surface area contributed by atoms with Gasteiger partial charge in [-0.05, 0) is 64.2 Å². The Morgan fingerprint density at radius 3 is 1.27 bits per heavy atom. The maximum atomic E-state index is 12.3. The molecular formula is C48H90NO10P. The summed E-state index contributed by atoms with van der Waals surface area (Å²) in [6.07, 6.45) is 46.2. The number of rotatable bonds is 46. The van der Waals surface area contributed by atoms with Crippen molar-refractivity contribution in [3.05, 3.63) is 24.3 Å². The maximum absolute atomic E-state index is 12.3. The van der Waals surface area contributed by atoms with Crippen molar-refractivity contribution in [3.8, 4) is 0 Å². The molecule has 0 heterocycles. The molecule has 0 rings (SSSR count). The monoisotopic (exact) mass is 872 g/mol. The van der Waals surface area contributed by atoms with E-state index in [0.29, 0.717) is 12.8 Å². The lowest BCUT2D eigenvalue weighted by molar-refractivity contribution is -0.147. The number of aliphatic hydroxyl groups excluding tert-OH is 1. The lowest BCUT2D eigenvalue weighted by atomic mass is 10.1. The number of ether oxygens (including phenoxy) is 1. The molecule has 0 aromatic carbocycles. The summed E-state index contributed by atoms with van der Waals surface area (Å²) in [6, 6.07) is -1.55. The van der Waals surface area contributed by atoms with Gasteiger partial charge in [-0.25, -0.2) is 9.36 Å². The van der Waals surface area contributed by atoms with Crippen LogP contribution in [0.15, 0.2) is 24.3 Å². The zero-order valence-electron chi connectivity index (χ0n) is 38.3. The predicted octanol–water partition coefficient (Wildman–Crippen LogP) is 13.0. The Labute approximate surface area is 366 Å². The Morgan fingerprint density at radius 2 is 0.867 bits per heavy atom. The summed E-state index contributed by atoms with van der Waals surface area (Å²) >= 11 is 0. The predicted molar refractivity (Wildman–Crippen MR) is 245 cm³/mol.